The fourth-order valence-corrected chi connectivity index (χ4v) is 3.60. The van der Waals surface area contributed by atoms with E-state index in [1.165, 1.54) is 13.0 Å². The first-order valence-electron chi connectivity index (χ1n) is 8.61. The average Bonchev–Trinajstić information content (AvgIpc) is 2.47. The minimum Gasteiger partial charge on any atom is -0.355 e. The average molecular weight is 347 g/mol. The van der Waals surface area contributed by atoms with Gasteiger partial charge in [-0.05, 0) is 46.6 Å². The van der Waals surface area contributed by atoms with Crippen molar-refractivity contribution in [2.75, 3.05) is 39.0 Å². The lowest BCUT2D eigenvalue weighted by Gasteiger charge is -2.32. The van der Waals surface area contributed by atoms with E-state index in [4.69, 9.17) is 0 Å². The molecule has 1 heterocycles. The van der Waals surface area contributed by atoms with Gasteiger partial charge in [0.2, 0.25) is 0 Å². The zero-order valence-corrected chi connectivity index (χ0v) is 16.2. The smallest absolute Gasteiger partial charge is 0.191 e. The Labute approximate surface area is 142 Å². The SMILES string of the molecule is CCCN1CCC(NC(=NC)NCCS(=O)(=O)C(C)(C)C)CC1. The van der Waals surface area contributed by atoms with Crippen LogP contribution in [0.5, 0.6) is 0 Å². The standard InChI is InChI=1S/C16H34N4O2S/c1-6-10-20-11-7-14(8-12-20)19-15(17-5)18-9-13-23(21,22)16(2,3)4/h14H,6-13H2,1-5H3,(H2,17,18,19). The molecule has 1 rings (SSSR count). The maximum absolute atomic E-state index is 12.1. The van der Waals surface area contributed by atoms with Crippen LogP contribution in [0.15, 0.2) is 4.99 Å². The Bertz CT molecular complexity index is 475. The van der Waals surface area contributed by atoms with Crippen molar-refractivity contribution < 1.29 is 8.42 Å². The second-order valence-corrected chi connectivity index (χ2v) is 10.1. The highest BCUT2D eigenvalue weighted by atomic mass is 32.2. The molecular weight excluding hydrogens is 312 g/mol. The molecule has 1 aliphatic rings. The van der Waals surface area contributed by atoms with Crippen molar-refractivity contribution in [3.05, 3.63) is 0 Å². The van der Waals surface area contributed by atoms with E-state index in [1.807, 2.05) is 0 Å². The highest BCUT2D eigenvalue weighted by Gasteiger charge is 2.28. The van der Waals surface area contributed by atoms with E-state index in [1.54, 1.807) is 27.8 Å². The largest absolute Gasteiger partial charge is 0.355 e. The second kappa shape index (κ2) is 8.87. The third-order valence-electron chi connectivity index (χ3n) is 4.29. The zero-order valence-electron chi connectivity index (χ0n) is 15.4. The number of piperidine rings is 1. The van der Waals surface area contributed by atoms with Crippen molar-refractivity contribution in [1.82, 2.24) is 15.5 Å². The number of rotatable bonds is 6. The van der Waals surface area contributed by atoms with Crippen LogP contribution in [0.4, 0.5) is 0 Å². The summed E-state index contributed by atoms with van der Waals surface area (Å²) in [6.45, 7) is 11.2. The number of hydrogen-bond donors (Lipinski definition) is 2. The van der Waals surface area contributed by atoms with Crippen LogP contribution in [0.1, 0.15) is 47.0 Å². The molecule has 136 valence electrons. The second-order valence-electron chi connectivity index (χ2n) is 7.19. The minimum atomic E-state index is -3.10. The van der Waals surface area contributed by atoms with Crippen molar-refractivity contribution in [1.29, 1.82) is 0 Å². The van der Waals surface area contributed by atoms with Gasteiger partial charge in [-0.15, -0.1) is 0 Å². The van der Waals surface area contributed by atoms with E-state index in [2.05, 4.69) is 27.4 Å². The maximum Gasteiger partial charge on any atom is 0.191 e. The van der Waals surface area contributed by atoms with Gasteiger partial charge in [-0.2, -0.15) is 0 Å². The summed E-state index contributed by atoms with van der Waals surface area (Å²) >= 11 is 0. The first-order valence-corrected chi connectivity index (χ1v) is 10.3. The first kappa shape index (κ1) is 20.2. The lowest BCUT2D eigenvalue weighted by atomic mass is 10.1. The number of sulfone groups is 1. The van der Waals surface area contributed by atoms with Gasteiger partial charge in [0.25, 0.3) is 0 Å². The summed E-state index contributed by atoms with van der Waals surface area (Å²) in [5.74, 6) is 0.814. The molecule has 1 fully saturated rings. The van der Waals surface area contributed by atoms with E-state index in [-0.39, 0.29) is 5.75 Å². The van der Waals surface area contributed by atoms with Gasteiger partial charge in [0.1, 0.15) is 0 Å². The third-order valence-corrected chi connectivity index (χ3v) is 6.90. The fourth-order valence-electron chi connectivity index (χ4n) is 2.62. The first-order chi connectivity index (χ1) is 10.7. The van der Waals surface area contributed by atoms with Crippen molar-refractivity contribution in [3.63, 3.8) is 0 Å². The number of hydrogen-bond acceptors (Lipinski definition) is 4. The number of likely N-dealkylation sites (tertiary alicyclic amines) is 1. The molecule has 6 nitrogen and oxygen atoms in total. The Balaban J connectivity index is 2.36. The van der Waals surface area contributed by atoms with Crippen LogP contribution in [-0.4, -0.2) is 69.0 Å². The van der Waals surface area contributed by atoms with Crippen LogP contribution in [0.25, 0.3) is 0 Å². The van der Waals surface area contributed by atoms with E-state index in [0.717, 1.165) is 25.9 Å². The molecule has 0 radical (unpaired) electrons. The summed E-state index contributed by atoms with van der Waals surface area (Å²) in [5, 5.41) is 6.54. The van der Waals surface area contributed by atoms with Crippen LogP contribution >= 0.6 is 0 Å². The predicted octanol–water partition coefficient (Wildman–Crippen LogP) is 1.24. The monoisotopic (exact) mass is 346 g/mol. The van der Waals surface area contributed by atoms with Crippen LogP contribution in [0.2, 0.25) is 0 Å². The molecule has 0 bridgehead atoms. The Hall–Kier alpha value is -0.820. The van der Waals surface area contributed by atoms with E-state index in [0.29, 0.717) is 18.5 Å². The van der Waals surface area contributed by atoms with Gasteiger partial charge in [0, 0.05) is 32.7 Å². The normalized spacial score (nSPS) is 18.9. The summed E-state index contributed by atoms with van der Waals surface area (Å²) in [7, 11) is -1.38. The molecule has 1 saturated heterocycles. The minimum absolute atomic E-state index is 0.117. The number of guanidine groups is 1. The van der Waals surface area contributed by atoms with Gasteiger partial charge in [-0.25, -0.2) is 8.42 Å². The van der Waals surface area contributed by atoms with Crippen LogP contribution in [-0.2, 0) is 9.84 Å². The van der Waals surface area contributed by atoms with Crippen LogP contribution < -0.4 is 10.6 Å². The molecule has 2 N–H and O–H groups in total. The Morgan fingerprint density at radius 2 is 1.87 bits per heavy atom. The third kappa shape index (κ3) is 6.67. The van der Waals surface area contributed by atoms with Gasteiger partial charge in [0.15, 0.2) is 15.8 Å². The Morgan fingerprint density at radius 3 is 2.35 bits per heavy atom. The quantitative estimate of drug-likeness (QED) is 0.559. The van der Waals surface area contributed by atoms with E-state index in [9.17, 15) is 8.42 Å². The molecule has 23 heavy (non-hydrogen) atoms. The van der Waals surface area contributed by atoms with Gasteiger partial charge in [-0.1, -0.05) is 6.92 Å². The number of nitrogens with one attached hydrogen (secondary N) is 2. The molecule has 1 aliphatic heterocycles. The summed E-state index contributed by atoms with van der Waals surface area (Å²) in [6, 6.07) is 0.411. The van der Waals surface area contributed by atoms with Crippen molar-refractivity contribution in [2.24, 2.45) is 4.99 Å². The van der Waals surface area contributed by atoms with Crippen molar-refractivity contribution in [2.45, 2.75) is 57.7 Å². The van der Waals surface area contributed by atoms with E-state index < -0.39 is 14.6 Å². The van der Waals surface area contributed by atoms with Crippen molar-refractivity contribution in [3.8, 4) is 0 Å². The molecule has 0 aromatic rings. The van der Waals surface area contributed by atoms with Gasteiger partial charge in [0.05, 0.1) is 10.5 Å². The van der Waals surface area contributed by atoms with Gasteiger partial charge >= 0.3 is 0 Å². The molecule has 0 aromatic carbocycles. The molecule has 0 aromatic heterocycles. The fraction of sp³-hybridized carbons (Fsp3) is 0.938. The van der Waals surface area contributed by atoms with Gasteiger partial charge in [-0.3, -0.25) is 4.99 Å². The molecule has 0 amide bonds. The lowest BCUT2D eigenvalue weighted by molar-refractivity contribution is 0.206. The zero-order chi connectivity index (χ0) is 17.5. The van der Waals surface area contributed by atoms with Crippen LogP contribution in [0.3, 0.4) is 0 Å². The molecule has 0 unspecified atom stereocenters. The lowest BCUT2D eigenvalue weighted by Crippen LogP contribution is -2.49. The molecule has 0 saturated carbocycles. The predicted molar refractivity (Wildman–Crippen MR) is 97.8 cm³/mol. The molecule has 0 spiro atoms. The number of aliphatic imine (C=N–C) groups is 1. The number of nitrogens with zero attached hydrogens (tertiary/aromatic N) is 2. The Morgan fingerprint density at radius 1 is 1.26 bits per heavy atom. The summed E-state index contributed by atoms with van der Waals surface area (Å²) in [5.41, 5.74) is 0. The maximum atomic E-state index is 12.1. The van der Waals surface area contributed by atoms with Gasteiger partial charge < -0.3 is 15.5 Å². The topological polar surface area (TPSA) is 73.8 Å². The van der Waals surface area contributed by atoms with Crippen LogP contribution in [0, 0.1) is 0 Å². The molecule has 0 atom stereocenters. The highest BCUT2D eigenvalue weighted by Crippen LogP contribution is 2.15. The summed E-state index contributed by atoms with van der Waals surface area (Å²) in [6.07, 6.45) is 3.39. The van der Waals surface area contributed by atoms with E-state index >= 15 is 0 Å². The highest BCUT2D eigenvalue weighted by molar-refractivity contribution is 7.92. The molecule has 7 heteroatoms. The summed E-state index contributed by atoms with van der Waals surface area (Å²) in [4.78, 5) is 6.70. The Kier molecular flexibility index (Phi) is 7.80. The van der Waals surface area contributed by atoms with Crippen molar-refractivity contribution >= 4 is 15.8 Å². The molecular formula is C16H34N4O2S. The summed E-state index contributed by atoms with van der Waals surface area (Å²) < 4.78 is 23.5. The molecule has 0 aliphatic carbocycles.